The molecule has 0 saturated carbocycles. The maximum absolute atomic E-state index is 12.1. The van der Waals surface area contributed by atoms with Crippen LogP contribution in [0, 0.1) is 10.3 Å². The molecular formula is C16H19N5O3. The van der Waals surface area contributed by atoms with Crippen molar-refractivity contribution in [2.24, 2.45) is 10.6 Å². The summed E-state index contributed by atoms with van der Waals surface area (Å²) in [5.74, 6) is -0.611. The Bertz CT molecular complexity index is 741. The highest BCUT2D eigenvalue weighted by Gasteiger charge is 2.25. The van der Waals surface area contributed by atoms with E-state index in [0.29, 0.717) is 0 Å². The van der Waals surface area contributed by atoms with Crippen LogP contribution in [-0.2, 0) is 11.4 Å². The van der Waals surface area contributed by atoms with Crippen molar-refractivity contribution < 1.29 is 9.53 Å². The van der Waals surface area contributed by atoms with E-state index in [4.69, 9.17) is 10.5 Å². The van der Waals surface area contributed by atoms with Gasteiger partial charge in [-0.25, -0.2) is 0 Å². The molecule has 0 fully saturated rings. The molecule has 0 bridgehead atoms. The number of nitrogens with zero attached hydrogens (tertiary/aromatic N) is 3. The maximum Gasteiger partial charge on any atom is 0.251 e. The van der Waals surface area contributed by atoms with Crippen molar-refractivity contribution in [3.05, 3.63) is 40.8 Å². The Morgan fingerprint density at radius 2 is 1.92 bits per heavy atom. The summed E-state index contributed by atoms with van der Waals surface area (Å²) in [5, 5.41) is 5.43. The molecule has 2 aromatic rings. The second-order valence-corrected chi connectivity index (χ2v) is 6.15. The first-order valence-electron chi connectivity index (χ1n) is 7.30. The molecule has 1 aromatic heterocycles. The van der Waals surface area contributed by atoms with Gasteiger partial charge in [0, 0.05) is 5.41 Å². The lowest BCUT2D eigenvalue weighted by Crippen LogP contribution is -2.28. The van der Waals surface area contributed by atoms with Gasteiger partial charge in [-0.3, -0.25) is 4.79 Å². The maximum atomic E-state index is 12.1. The number of aromatic nitrogens is 2. The topological polar surface area (TPSA) is 120 Å². The number of hydrogen-bond donors (Lipinski definition) is 2. The van der Waals surface area contributed by atoms with Gasteiger partial charge in [0.15, 0.2) is 5.82 Å². The van der Waals surface area contributed by atoms with Crippen molar-refractivity contribution in [1.82, 2.24) is 9.97 Å². The summed E-state index contributed by atoms with van der Waals surface area (Å²) in [6.45, 7) is 5.36. The van der Waals surface area contributed by atoms with Crippen molar-refractivity contribution >= 4 is 23.4 Å². The molecule has 24 heavy (non-hydrogen) atoms. The third-order valence-corrected chi connectivity index (χ3v) is 3.09. The van der Waals surface area contributed by atoms with Gasteiger partial charge >= 0.3 is 0 Å². The number of amides is 1. The molecule has 2 rings (SSSR count). The average molecular weight is 329 g/mol. The summed E-state index contributed by atoms with van der Waals surface area (Å²) in [4.78, 5) is 31.1. The molecule has 1 heterocycles. The standard InChI is InChI=1S/C16H19N5O3/c1-16(2,3)14(22)18-12-11(21-23)13(20-15(17)19-12)24-9-10-7-5-4-6-8-10/h4-8H,9H2,1-3H3,(H3,17,18,19,20,22). The summed E-state index contributed by atoms with van der Waals surface area (Å²) < 4.78 is 5.53. The van der Waals surface area contributed by atoms with Crippen molar-refractivity contribution in [3.8, 4) is 5.88 Å². The van der Waals surface area contributed by atoms with E-state index >= 15 is 0 Å². The van der Waals surface area contributed by atoms with E-state index in [1.54, 1.807) is 20.8 Å². The molecule has 1 amide bonds. The third-order valence-electron chi connectivity index (χ3n) is 3.09. The van der Waals surface area contributed by atoms with Crippen LogP contribution in [0.15, 0.2) is 35.5 Å². The number of rotatable bonds is 5. The van der Waals surface area contributed by atoms with Crippen LogP contribution in [0.4, 0.5) is 17.5 Å². The van der Waals surface area contributed by atoms with Crippen LogP contribution in [0.25, 0.3) is 0 Å². The van der Waals surface area contributed by atoms with Gasteiger partial charge in [0.2, 0.25) is 17.5 Å². The molecule has 126 valence electrons. The number of ether oxygens (including phenoxy) is 1. The Morgan fingerprint density at radius 1 is 1.25 bits per heavy atom. The molecule has 0 radical (unpaired) electrons. The molecular weight excluding hydrogens is 310 g/mol. The van der Waals surface area contributed by atoms with Gasteiger partial charge in [0.25, 0.3) is 5.88 Å². The van der Waals surface area contributed by atoms with E-state index in [1.165, 1.54) is 0 Å². The molecule has 8 nitrogen and oxygen atoms in total. The first kappa shape index (κ1) is 17.3. The first-order valence-corrected chi connectivity index (χ1v) is 7.30. The molecule has 0 saturated heterocycles. The number of anilines is 2. The van der Waals surface area contributed by atoms with Crippen LogP contribution in [0.1, 0.15) is 26.3 Å². The third kappa shape index (κ3) is 4.25. The zero-order chi connectivity index (χ0) is 17.7. The zero-order valence-electron chi connectivity index (χ0n) is 13.7. The van der Waals surface area contributed by atoms with Gasteiger partial charge < -0.3 is 15.8 Å². The van der Waals surface area contributed by atoms with Crippen molar-refractivity contribution in [1.29, 1.82) is 0 Å². The Kier molecular flexibility index (Phi) is 5.08. The average Bonchev–Trinajstić information content (AvgIpc) is 2.52. The number of hydrogen-bond acceptors (Lipinski definition) is 7. The van der Waals surface area contributed by atoms with Crippen molar-refractivity contribution in [2.45, 2.75) is 27.4 Å². The Hall–Kier alpha value is -3.03. The second-order valence-electron chi connectivity index (χ2n) is 6.15. The largest absolute Gasteiger partial charge is 0.471 e. The fraction of sp³-hybridized carbons (Fsp3) is 0.312. The normalized spacial score (nSPS) is 11.0. The van der Waals surface area contributed by atoms with Gasteiger partial charge in [0.1, 0.15) is 6.61 Å². The van der Waals surface area contributed by atoms with Crippen LogP contribution >= 0.6 is 0 Å². The smallest absolute Gasteiger partial charge is 0.251 e. The van der Waals surface area contributed by atoms with Crippen LogP contribution in [0.5, 0.6) is 5.88 Å². The predicted octanol–water partition coefficient (Wildman–Crippen LogP) is 3.02. The van der Waals surface area contributed by atoms with Gasteiger partial charge in [-0.2, -0.15) is 9.97 Å². The summed E-state index contributed by atoms with van der Waals surface area (Å²) in [6.07, 6.45) is 0. The molecule has 1 aromatic carbocycles. The lowest BCUT2D eigenvalue weighted by atomic mass is 9.96. The number of nitroso groups, excluding NO2 is 1. The van der Waals surface area contributed by atoms with E-state index in [2.05, 4.69) is 20.5 Å². The molecule has 0 spiro atoms. The number of nitrogens with two attached hydrogens (primary N) is 1. The highest BCUT2D eigenvalue weighted by atomic mass is 16.5. The van der Waals surface area contributed by atoms with Crippen LogP contribution in [0.2, 0.25) is 0 Å². The first-order chi connectivity index (χ1) is 11.3. The molecule has 0 unspecified atom stereocenters. The number of nitrogen functional groups attached to an aromatic ring is 1. The summed E-state index contributed by atoms with van der Waals surface area (Å²) in [6, 6.07) is 9.33. The molecule has 0 aliphatic heterocycles. The Labute approximate surface area is 139 Å². The zero-order valence-corrected chi connectivity index (χ0v) is 13.7. The van der Waals surface area contributed by atoms with Crippen LogP contribution in [-0.4, -0.2) is 15.9 Å². The van der Waals surface area contributed by atoms with Crippen LogP contribution < -0.4 is 15.8 Å². The molecule has 0 atom stereocenters. The predicted molar refractivity (Wildman–Crippen MR) is 90.8 cm³/mol. The van der Waals surface area contributed by atoms with Gasteiger partial charge in [-0.1, -0.05) is 51.1 Å². The van der Waals surface area contributed by atoms with Crippen molar-refractivity contribution in [3.63, 3.8) is 0 Å². The van der Waals surface area contributed by atoms with E-state index < -0.39 is 5.41 Å². The molecule has 8 heteroatoms. The lowest BCUT2D eigenvalue weighted by molar-refractivity contribution is -0.123. The van der Waals surface area contributed by atoms with E-state index in [-0.39, 0.29) is 35.8 Å². The molecule has 3 N–H and O–H groups in total. The minimum absolute atomic E-state index is 0.0690. The molecule has 0 aliphatic carbocycles. The fourth-order valence-electron chi connectivity index (χ4n) is 1.74. The minimum Gasteiger partial charge on any atom is -0.471 e. The monoisotopic (exact) mass is 329 g/mol. The molecule has 0 aliphatic rings. The fourth-order valence-corrected chi connectivity index (χ4v) is 1.74. The van der Waals surface area contributed by atoms with E-state index in [1.807, 2.05) is 30.3 Å². The summed E-state index contributed by atoms with van der Waals surface area (Å²) in [5.41, 5.74) is 5.65. The highest BCUT2D eigenvalue weighted by molar-refractivity contribution is 5.96. The lowest BCUT2D eigenvalue weighted by Gasteiger charge is -2.18. The van der Waals surface area contributed by atoms with Gasteiger partial charge in [0.05, 0.1) is 0 Å². The number of nitrogens with one attached hydrogen (secondary N) is 1. The quantitative estimate of drug-likeness (QED) is 0.814. The van der Waals surface area contributed by atoms with E-state index in [9.17, 15) is 9.70 Å². The summed E-state index contributed by atoms with van der Waals surface area (Å²) >= 11 is 0. The number of carbonyl (C=O) groups is 1. The summed E-state index contributed by atoms with van der Waals surface area (Å²) in [7, 11) is 0. The second kappa shape index (κ2) is 7.03. The minimum atomic E-state index is -0.676. The van der Waals surface area contributed by atoms with E-state index in [0.717, 1.165) is 5.56 Å². The van der Waals surface area contributed by atoms with Crippen molar-refractivity contribution in [2.75, 3.05) is 11.1 Å². The Morgan fingerprint density at radius 3 is 2.50 bits per heavy atom. The van der Waals surface area contributed by atoms with Gasteiger partial charge in [-0.05, 0) is 10.7 Å². The number of carbonyl (C=O) groups excluding carboxylic acids is 1. The SMILES string of the molecule is CC(C)(C)C(=O)Nc1nc(N)nc(OCc2ccccc2)c1N=O. The van der Waals surface area contributed by atoms with Gasteiger partial charge in [-0.15, -0.1) is 4.91 Å². The Balaban J connectivity index is 2.28. The van der Waals surface area contributed by atoms with Crippen LogP contribution in [0.3, 0.4) is 0 Å². The number of benzene rings is 1. The highest BCUT2D eigenvalue weighted by Crippen LogP contribution is 2.34.